The molecule has 3 heterocycles. The van der Waals surface area contributed by atoms with Crippen LogP contribution in [0.4, 0.5) is 0 Å². The predicted octanol–water partition coefficient (Wildman–Crippen LogP) is 2.80. The van der Waals surface area contributed by atoms with E-state index in [1.165, 1.54) is 0 Å². The number of aromatic nitrogens is 2. The van der Waals surface area contributed by atoms with E-state index >= 15 is 0 Å². The standard InChI is InChI=1S/C16H19N3OS/c1-12-17-6-4-15(18-12)14-3-2-7-19(10-14)16(20)9-13-5-8-21-11-13/h4-6,8,11,14H,2-3,7,9-10H2,1H3. The SMILES string of the molecule is Cc1nccc(C2CCCN(C(=O)Cc3ccsc3)C2)n1. The van der Waals surface area contributed by atoms with Crippen LogP contribution in [0.25, 0.3) is 0 Å². The largest absolute Gasteiger partial charge is 0.342 e. The van der Waals surface area contributed by atoms with E-state index in [0.29, 0.717) is 12.3 Å². The van der Waals surface area contributed by atoms with Gasteiger partial charge in [0.2, 0.25) is 5.91 Å². The molecule has 1 unspecified atom stereocenters. The quantitative estimate of drug-likeness (QED) is 0.876. The summed E-state index contributed by atoms with van der Waals surface area (Å²) in [4.78, 5) is 23.1. The first-order valence-electron chi connectivity index (χ1n) is 7.31. The number of carbonyl (C=O) groups is 1. The maximum Gasteiger partial charge on any atom is 0.227 e. The molecule has 0 radical (unpaired) electrons. The molecule has 0 spiro atoms. The maximum absolute atomic E-state index is 12.4. The van der Waals surface area contributed by atoms with Gasteiger partial charge in [-0.15, -0.1) is 0 Å². The van der Waals surface area contributed by atoms with E-state index in [1.54, 1.807) is 11.3 Å². The van der Waals surface area contributed by atoms with Crippen molar-refractivity contribution in [1.82, 2.24) is 14.9 Å². The summed E-state index contributed by atoms with van der Waals surface area (Å²) in [6.07, 6.45) is 4.46. The third-order valence-corrected chi connectivity index (χ3v) is 4.66. The first-order valence-corrected chi connectivity index (χ1v) is 8.25. The normalized spacial score (nSPS) is 18.7. The van der Waals surface area contributed by atoms with E-state index < -0.39 is 0 Å². The van der Waals surface area contributed by atoms with Gasteiger partial charge in [0.05, 0.1) is 6.42 Å². The highest BCUT2D eigenvalue weighted by atomic mass is 32.1. The van der Waals surface area contributed by atoms with Crippen molar-refractivity contribution in [3.8, 4) is 0 Å². The molecule has 2 aromatic heterocycles. The second kappa shape index (κ2) is 6.35. The Labute approximate surface area is 128 Å². The summed E-state index contributed by atoms with van der Waals surface area (Å²) in [6, 6.07) is 4.00. The topological polar surface area (TPSA) is 46.1 Å². The summed E-state index contributed by atoms with van der Waals surface area (Å²) >= 11 is 1.64. The van der Waals surface area contributed by atoms with E-state index in [1.807, 2.05) is 40.9 Å². The van der Waals surface area contributed by atoms with E-state index in [9.17, 15) is 4.79 Å². The van der Waals surface area contributed by atoms with Crippen LogP contribution < -0.4 is 0 Å². The van der Waals surface area contributed by atoms with Crippen LogP contribution in [0.5, 0.6) is 0 Å². The van der Waals surface area contributed by atoms with Gasteiger partial charge in [-0.25, -0.2) is 9.97 Å². The Kier molecular flexibility index (Phi) is 4.29. The fraction of sp³-hybridized carbons (Fsp3) is 0.438. The summed E-state index contributed by atoms with van der Waals surface area (Å²) in [5.74, 6) is 1.37. The summed E-state index contributed by atoms with van der Waals surface area (Å²) < 4.78 is 0. The highest BCUT2D eigenvalue weighted by Crippen LogP contribution is 2.26. The number of hydrogen-bond acceptors (Lipinski definition) is 4. The van der Waals surface area contributed by atoms with Gasteiger partial charge >= 0.3 is 0 Å². The number of amides is 1. The van der Waals surface area contributed by atoms with Gasteiger partial charge in [0.15, 0.2) is 0 Å². The molecule has 0 bridgehead atoms. The number of carbonyl (C=O) groups excluding carboxylic acids is 1. The van der Waals surface area contributed by atoms with Crippen molar-refractivity contribution >= 4 is 17.2 Å². The Hall–Kier alpha value is -1.75. The monoisotopic (exact) mass is 301 g/mol. The molecule has 1 amide bonds. The highest BCUT2D eigenvalue weighted by molar-refractivity contribution is 7.07. The van der Waals surface area contributed by atoms with Crippen molar-refractivity contribution in [1.29, 1.82) is 0 Å². The van der Waals surface area contributed by atoms with Gasteiger partial charge in [-0.3, -0.25) is 4.79 Å². The molecule has 0 aliphatic carbocycles. The fourth-order valence-electron chi connectivity index (χ4n) is 2.83. The molecular weight excluding hydrogens is 282 g/mol. The minimum Gasteiger partial charge on any atom is -0.342 e. The molecule has 3 rings (SSSR count). The zero-order valence-corrected chi connectivity index (χ0v) is 13.0. The van der Waals surface area contributed by atoms with Crippen LogP contribution in [0.3, 0.4) is 0 Å². The van der Waals surface area contributed by atoms with E-state index in [4.69, 9.17) is 0 Å². The first kappa shape index (κ1) is 14.2. The molecule has 1 atom stereocenters. The predicted molar refractivity (Wildman–Crippen MR) is 83.3 cm³/mol. The summed E-state index contributed by atoms with van der Waals surface area (Å²) in [5.41, 5.74) is 2.18. The van der Waals surface area contributed by atoms with Gasteiger partial charge in [0.25, 0.3) is 0 Å². The molecule has 1 fully saturated rings. The summed E-state index contributed by atoms with van der Waals surface area (Å²) in [5, 5.41) is 4.07. The number of likely N-dealkylation sites (tertiary alicyclic amines) is 1. The van der Waals surface area contributed by atoms with Gasteiger partial charge < -0.3 is 4.90 Å². The number of rotatable bonds is 3. The Morgan fingerprint density at radius 2 is 2.38 bits per heavy atom. The highest BCUT2D eigenvalue weighted by Gasteiger charge is 2.25. The van der Waals surface area contributed by atoms with Crippen molar-refractivity contribution in [3.05, 3.63) is 46.2 Å². The molecule has 5 heteroatoms. The lowest BCUT2D eigenvalue weighted by Gasteiger charge is -2.32. The zero-order chi connectivity index (χ0) is 14.7. The van der Waals surface area contributed by atoms with Crippen molar-refractivity contribution in [2.45, 2.75) is 32.1 Å². The van der Waals surface area contributed by atoms with Crippen LogP contribution >= 0.6 is 11.3 Å². The molecule has 1 saturated heterocycles. The molecule has 2 aromatic rings. The van der Waals surface area contributed by atoms with Crippen LogP contribution in [0.1, 0.15) is 35.8 Å². The summed E-state index contributed by atoms with van der Waals surface area (Å²) in [6.45, 7) is 3.55. The van der Waals surface area contributed by atoms with Gasteiger partial charge in [-0.2, -0.15) is 11.3 Å². The molecule has 0 aromatic carbocycles. The van der Waals surface area contributed by atoms with E-state index in [0.717, 1.165) is 43.0 Å². The summed E-state index contributed by atoms with van der Waals surface area (Å²) in [7, 11) is 0. The second-order valence-electron chi connectivity index (χ2n) is 5.52. The number of thiophene rings is 1. The van der Waals surface area contributed by atoms with E-state index in [-0.39, 0.29) is 5.91 Å². The van der Waals surface area contributed by atoms with E-state index in [2.05, 4.69) is 9.97 Å². The number of aryl methyl sites for hydroxylation is 1. The van der Waals surface area contributed by atoms with Crippen molar-refractivity contribution < 1.29 is 4.79 Å². The lowest BCUT2D eigenvalue weighted by molar-refractivity contribution is -0.131. The Morgan fingerprint density at radius 1 is 1.48 bits per heavy atom. The average molecular weight is 301 g/mol. The molecule has 4 nitrogen and oxygen atoms in total. The van der Waals surface area contributed by atoms with Crippen LogP contribution in [0.2, 0.25) is 0 Å². The molecular formula is C16H19N3OS. The third kappa shape index (κ3) is 3.47. The zero-order valence-electron chi connectivity index (χ0n) is 12.2. The molecule has 1 aliphatic rings. The number of hydrogen-bond donors (Lipinski definition) is 0. The lowest BCUT2D eigenvalue weighted by atomic mass is 9.94. The van der Waals surface area contributed by atoms with Gasteiger partial charge in [0.1, 0.15) is 5.82 Å². The number of piperidine rings is 1. The fourth-order valence-corrected chi connectivity index (χ4v) is 3.50. The lowest BCUT2D eigenvalue weighted by Crippen LogP contribution is -2.40. The van der Waals surface area contributed by atoms with Crippen molar-refractivity contribution in [3.63, 3.8) is 0 Å². The van der Waals surface area contributed by atoms with Crippen LogP contribution in [-0.2, 0) is 11.2 Å². The smallest absolute Gasteiger partial charge is 0.227 e. The van der Waals surface area contributed by atoms with Gasteiger partial charge in [0, 0.05) is 30.9 Å². The Balaban J connectivity index is 1.66. The minimum atomic E-state index is 0.226. The van der Waals surface area contributed by atoms with Gasteiger partial charge in [-0.05, 0) is 48.2 Å². The number of nitrogens with zero attached hydrogens (tertiary/aromatic N) is 3. The average Bonchev–Trinajstić information content (AvgIpc) is 3.00. The molecule has 0 saturated carbocycles. The van der Waals surface area contributed by atoms with Crippen molar-refractivity contribution in [2.75, 3.05) is 13.1 Å². The van der Waals surface area contributed by atoms with Crippen LogP contribution in [-0.4, -0.2) is 33.9 Å². The second-order valence-corrected chi connectivity index (χ2v) is 6.30. The molecule has 110 valence electrons. The molecule has 1 aliphatic heterocycles. The molecule has 0 N–H and O–H groups in total. The minimum absolute atomic E-state index is 0.226. The Morgan fingerprint density at radius 3 is 3.14 bits per heavy atom. The van der Waals surface area contributed by atoms with Crippen LogP contribution in [0.15, 0.2) is 29.1 Å². The maximum atomic E-state index is 12.4. The van der Waals surface area contributed by atoms with Crippen molar-refractivity contribution in [2.24, 2.45) is 0 Å². The first-order chi connectivity index (χ1) is 10.2. The van der Waals surface area contributed by atoms with Crippen LogP contribution in [0, 0.1) is 6.92 Å². The van der Waals surface area contributed by atoms with Gasteiger partial charge in [-0.1, -0.05) is 0 Å². The Bertz CT molecular complexity index is 612. The third-order valence-electron chi connectivity index (χ3n) is 3.93. The molecule has 21 heavy (non-hydrogen) atoms.